The summed E-state index contributed by atoms with van der Waals surface area (Å²) in [6.07, 6.45) is 2.91. The van der Waals surface area contributed by atoms with Gasteiger partial charge in [0.2, 0.25) is 0 Å². The molecule has 0 bridgehead atoms. The Kier molecular flexibility index (Phi) is 3.10. The minimum Gasteiger partial charge on any atom is -0.432 e. The van der Waals surface area contributed by atoms with Crippen LogP contribution in [-0.2, 0) is 0 Å². The quantitative estimate of drug-likeness (QED) is 0.883. The summed E-state index contributed by atoms with van der Waals surface area (Å²) in [4.78, 5) is 19.7. The van der Waals surface area contributed by atoms with E-state index in [1.54, 1.807) is 6.92 Å². The molecule has 88 valence electrons. The van der Waals surface area contributed by atoms with Crippen LogP contribution < -0.4 is 11.1 Å². The van der Waals surface area contributed by atoms with E-state index >= 15 is 0 Å². The lowest BCUT2D eigenvalue weighted by Gasteiger charge is -2.03. The molecule has 2 aromatic heterocycles. The van der Waals surface area contributed by atoms with Crippen molar-refractivity contribution in [2.24, 2.45) is 0 Å². The van der Waals surface area contributed by atoms with Crippen LogP contribution in [0.2, 0.25) is 0 Å². The average molecular weight is 297 g/mol. The van der Waals surface area contributed by atoms with Gasteiger partial charge >= 0.3 is 6.01 Å². The normalized spacial score (nSPS) is 10.2. The first-order valence-electron chi connectivity index (χ1n) is 4.71. The van der Waals surface area contributed by atoms with Gasteiger partial charge in [-0.25, -0.2) is 4.98 Å². The molecule has 0 aromatic carbocycles. The maximum atomic E-state index is 11.9. The predicted octanol–water partition coefficient (Wildman–Crippen LogP) is 1.98. The van der Waals surface area contributed by atoms with Gasteiger partial charge in [0.05, 0.1) is 11.3 Å². The molecule has 2 aromatic rings. The van der Waals surface area contributed by atoms with Crippen LogP contribution in [0, 0.1) is 6.92 Å². The van der Waals surface area contributed by atoms with E-state index < -0.39 is 0 Å². The van der Waals surface area contributed by atoms with E-state index in [9.17, 15) is 4.79 Å². The Balaban J connectivity index is 2.22. The van der Waals surface area contributed by atoms with Gasteiger partial charge in [-0.15, -0.1) is 0 Å². The predicted molar refractivity (Wildman–Crippen MR) is 65.5 cm³/mol. The molecule has 2 rings (SSSR count). The van der Waals surface area contributed by atoms with Gasteiger partial charge in [-0.1, -0.05) is 0 Å². The summed E-state index contributed by atoms with van der Waals surface area (Å²) in [7, 11) is 0. The number of amides is 1. The maximum Gasteiger partial charge on any atom is 0.301 e. The summed E-state index contributed by atoms with van der Waals surface area (Å²) in [5, 5.41) is 2.52. The Morgan fingerprint density at radius 1 is 1.59 bits per heavy atom. The molecule has 0 aliphatic rings. The van der Waals surface area contributed by atoms with Crippen LogP contribution in [0.3, 0.4) is 0 Å². The molecule has 3 N–H and O–H groups in total. The summed E-state index contributed by atoms with van der Waals surface area (Å²) in [6.45, 7) is 1.76. The van der Waals surface area contributed by atoms with Crippen LogP contribution in [-0.4, -0.2) is 15.9 Å². The summed E-state index contributed by atoms with van der Waals surface area (Å²) in [6, 6.07) is 1.62. The standard InChI is InChI=1S/C10H9BrN4O2/c1-5-4-17-10(14-5)15-9(16)6-2-8(12)13-3-7(6)11/h2-4H,1H3,(H2,12,13)(H,14,15,16). The number of nitrogens with zero attached hydrogens (tertiary/aromatic N) is 2. The van der Waals surface area contributed by atoms with Gasteiger partial charge in [-0.2, -0.15) is 4.98 Å². The fraction of sp³-hybridized carbons (Fsp3) is 0.100. The molecule has 1 amide bonds. The zero-order valence-corrected chi connectivity index (χ0v) is 10.5. The number of carbonyl (C=O) groups excluding carboxylic acids is 1. The van der Waals surface area contributed by atoms with Gasteiger partial charge in [0.1, 0.15) is 12.1 Å². The van der Waals surface area contributed by atoms with Crippen LogP contribution >= 0.6 is 15.9 Å². The van der Waals surface area contributed by atoms with E-state index in [1.807, 2.05) is 0 Å². The first-order chi connectivity index (χ1) is 8.06. The van der Waals surface area contributed by atoms with Crippen molar-refractivity contribution < 1.29 is 9.21 Å². The van der Waals surface area contributed by atoms with E-state index in [-0.39, 0.29) is 17.7 Å². The zero-order valence-electron chi connectivity index (χ0n) is 8.90. The van der Waals surface area contributed by atoms with Gasteiger partial charge in [0, 0.05) is 10.7 Å². The summed E-state index contributed by atoms with van der Waals surface area (Å²) in [5.74, 6) is -0.102. The average Bonchev–Trinajstić information content (AvgIpc) is 2.67. The number of anilines is 2. The topological polar surface area (TPSA) is 94.0 Å². The van der Waals surface area contributed by atoms with E-state index in [0.29, 0.717) is 15.7 Å². The highest BCUT2D eigenvalue weighted by molar-refractivity contribution is 9.10. The number of oxazole rings is 1. The minimum atomic E-state index is -0.368. The molecule has 0 saturated heterocycles. The molecule has 0 unspecified atom stereocenters. The molecule has 0 aliphatic heterocycles. The summed E-state index contributed by atoms with van der Waals surface area (Å²) in [5.41, 5.74) is 6.57. The summed E-state index contributed by atoms with van der Waals surface area (Å²) >= 11 is 3.22. The third kappa shape index (κ3) is 2.62. The number of nitrogens with two attached hydrogens (primary N) is 1. The Bertz CT molecular complexity index is 567. The molecule has 6 nitrogen and oxygen atoms in total. The first-order valence-corrected chi connectivity index (χ1v) is 5.50. The van der Waals surface area contributed by atoms with Crippen LogP contribution in [0.15, 0.2) is 27.4 Å². The Morgan fingerprint density at radius 3 is 3.00 bits per heavy atom. The zero-order chi connectivity index (χ0) is 12.4. The number of aryl methyl sites for hydroxylation is 1. The largest absolute Gasteiger partial charge is 0.432 e. The van der Waals surface area contributed by atoms with Crippen molar-refractivity contribution in [1.29, 1.82) is 0 Å². The number of aromatic nitrogens is 2. The second kappa shape index (κ2) is 4.54. The van der Waals surface area contributed by atoms with Crippen LogP contribution in [0.1, 0.15) is 16.1 Å². The Labute approximate surface area is 105 Å². The highest BCUT2D eigenvalue weighted by Gasteiger charge is 2.13. The molecule has 0 spiro atoms. The number of rotatable bonds is 2. The molecule has 2 heterocycles. The maximum absolute atomic E-state index is 11.9. The lowest BCUT2D eigenvalue weighted by molar-refractivity contribution is 0.102. The lowest BCUT2D eigenvalue weighted by atomic mass is 10.2. The van der Waals surface area contributed by atoms with Crippen LogP contribution in [0.5, 0.6) is 0 Å². The second-order valence-electron chi connectivity index (χ2n) is 3.34. The fourth-order valence-corrected chi connectivity index (χ4v) is 1.60. The highest BCUT2D eigenvalue weighted by atomic mass is 79.9. The van der Waals surface area contributed by atoms with Crippen LogP contribution in [0.25, 0.3) is 0 Å². The monoisotopic (exact) mass is 296 g/mol. The molecule has 0 atom stereocenters. The van der Waals surface area contributed by atoms with E-state index in [0.717, 1.165) is 0 Å². The lowest BCUT2D eigenvalue weighted by Crippen LogP contribution is -2.13. The molecule has 0 radical (unpaired) electrons. The molecule has 0 saturated carbocycles. The third-order valence-corrected chi connectivity index (χ3v) is 2.59. The van der Waals surface area contributed by atoms with E-state index in [1.165, 1.54) is 18.5 Å². The van der Waals surface area contributed by atoms with Crippen molar-refractivity contribution in [2.75, 3.05) is 11.1 Å². The smallest absolute Gasteiger partial charge is 0.301 e. The number of nitrogens with one attached hydrogen (secondary N) is 1. The van der Waals surface area contributed by atoms with Gasteiger partial charge < -0.3 is 10.2 Å². The minimum absolute atomic E-state index is 0.148. The van der Waals surface area contributed by atoms with Crippen molar-refractivity contribution >= 4 is 33.7 Å². The number of nitrogen functional groups attached to an aromatic ring is 1. The van der Waals surface area contributed by atoms with Gasteiger partial charge in [0.15, 0.2) is 0 Å². The molecular formula is C10H9BrN4O2. The van der Waals surface area contributed by atoms with Gasteiger partial charge in [0.25, 0.3) is 5.91 Å². The Morgan fingerprint density at radius 2 is 2.35 bits per heavy atom. The SMILES string of the molecule is Cc1coc(NC(=O)c2cc(N)ncc2Br)n1. The molecule has 17 heavy (non-hydrogen) atoms. The number of carbonyl (C=O) groups is 1. The molecule has 7 heteroatoms. The molecular weight excluding hydrogens is 288 g/mol. The third-order valence-electron chi connectivity index (χ3n) is 1.96. The first kappa shape index (κ1) is 11.6. The molecule has 0 aliphatic carbocycles. The fourth-order valence-electron chi connectivity index (χ4n) is 1.20. The van der Waals surface area contributed by atoms with E-state index in [2.05, 4.69) is 31.2 Å². The number of hydrogen-bond acceptors (Lipinski definition) is 5. The van der Waals surface area contributed by atoms with E-state index in [4.69, 9.17) is 10.2 Å². The van der Waals surface area contributed by atoms with Crippen molar-refractivity contribution in [3.63, 3.8) is 0 Å². The molecule has 0 fully saturated rings. The second-order valence-corrected chi connectivity index (χ2v) is 4.19. The van der Waals surface area contributed by atoms with Crippen molar-refractivity contribution in [1.82, 2.24) is 9.97 Å². The Hall–Kier alpha value is -1.89. The number of pyridine rings is 1. The number of hydrogen-bond donors (Lipinski definition) is 2. The van der Waals surface area contributed by atoms with Crippen LogP contribution in [0.4, 0.5) is 11.8 Å². The van der Waals surface area contributed by atoms with Gasteiger partial charge in [-0.3, -0.25) is 10.1 Å². The van der Waals surface area contributed by atoms with Crippen molar-refractivity contribution in [3.8, 4) is 0 Å². The summed E-state index contributed by atoms with van der Waals surface area (Å²) < 4.78 is 5.57. The van der Waals surface area contributed by atoms with Gasteiger partial charge in [-0.05, 0) is 28.9 Å². The number of halogens is 1. The van der Waals surface area contributed by atoms with Crippen molar-refractivity contribution in [2.45, 2.75) is 6.92 Å². The van der Waals surface area contributed by atoms with Crippen molar-refractivity contribution in [3.05, 3.63) is 34.3 Å². The highest BCUT2D eigenvalue weighted by Crippen LogP contribution is 2.18.